The second-order valence-corrected chi connectivity index (χ2v) is 13.2. The van der Waals surface area contributed by atoms with Crippen molar-refractivity contribution in [1.29, 1.82) is 0 Å². The van der Waals surface area contributed by atoms with Crippen LogP contribution in [0.25, 0.3) is 0 Å². The first-order valence-electron chi connectivity index (χ1n) is 13.3. The molecule has 7 rings (SSSR count). The van der Waals surface area contributed by atoms with Crippen molar-refractivity contribution in [2.75, 3.05) is 6.61 Å². The van der Waals surface area contributed by atoms with E-state index in [0.29, 0.717) is 41.0 Å². The molecular weight excluding hydrogens is 388 g/mol. The summed E-state index contributed by atoms with van der Waals surface area (Å²) in [6.45, 7) is 10.7. The van der Waals surface area contributed by atoms with Crippen molar-refractivity contribution in [3.05, 3.63) is 0 Å². The lowest BCUT2D eigenvalue weighted by atomic mass is 9.44. The average molecular weight is 429 g/mol. The summed E-state index contributed by atoms with van der Waals surface area (Å²) in [7, 11) is 0. The minimum Gasteiger partial charge on any atom is -0.361 e. The van der Waals surface area contributed by atoms with Gasteiger partial charge in [-0.25, -0.2) is 0 Å². The Kier molecular flexibility index (Phi) is 3.97. The second kappa shape index (κ2) is 6.16. The smallest absolute Gasteiger partial charge is 0.171 e. The van der Waals surface area contributed by atoms with Crippen LogP contribution in [0, 0.1) is 52.3 Å². The highest BCUT2D eigenvalue weighted by molar-refractivity contribution is 5.87. The van der Waals surface area contributed by atoms with Gasteiger partial charge in [-0.1, -0.05) is 27.7 Å². The molecule has 4 heteroatoms. The molecule has 0 unspecified atom stereocenters. The SMILES string of the molecule is C[C@@H]1CC[C@@]2(OC1)O[C@H]1C[C@H]3[C@@H]4CC[C@H]5CC(=O)[C@H]6O[C@H]6[C@]5(C)[C@H]4CC[C@]3(C)[C@H]1[C@@H]2C. The lowest BCUT2D eigenvalue weighted by molar-refractivity contribution is -0.273. The van der Waals surface area contributed by atoms with Crippen LogP contribution in [-0.4, -0.2) is 36.5 Å². The van der Waals surface area contributed by atoms with Crippen LogP contribution in [0.5, 0.6) is 0 Å². The van der Waals surface area contributed by atoms with E-state index in [-0.39, 0.29) is 23.4 Å². The summed E-state index contributed by atoms with van der Waals surface area (Å²) in [6, 6.07) is 0. The van der Waals surface area contributed by atoms with E-state index in [1.165, 1.54) is 38.5 Å². The maximum absolute atomic E-state index is 12.4. The van der Waals surface area contributed by atoms with Crippen LogP contribution in [0.2, 0.25) is 0 Å². The Morgan fingerprint density at radius 3 is 2.61 bits per heavy atom. The zero-order valence-corrected chi connectivity index (χ0v) is 19.8. The van der Waals surface area contributed by atoms with Gasteiger partial charge in [0.1, 0.15) is 6.10 Å². The normalized spacial score (nSPS) is 64.3. The van der Waals surface area contributed by atoms with Gasteiger partial charge in [0.15, 0.2) is 11.6 Å². The fourth-order valence-corrected chi connectivity index (χ4v) is 10.4. The van der Waals surface area contributed by atoms with Crippen LogP contribution in [0.15, 0.2) is 0 Å². The molecule has 4 nitrogen and oxygen atoms in total. The Hall–Kier alpha value is -0.450. The summed E-state index contributed by atoms with van der Waals surface area (Å²) >= 11 is 0. The molecule has 3 saturated heterocycles. The first-order chi connectivity index (χ1) is 14.8. The lowest BCUT2D eigenvalue weighted by Gasteiger charge is -2.60. The van der Waals surface area contributed by atoms with Crippen molar-refractivity contribution in [3.8, 4) is 0 Å². The number of carbonyl (C=O) groups excluding carboxylic acids is 1. The van der Waals surface area contributed by atoms with E-state index in [9.17, 15) is 4.79 Å². The van der Waals surface area contributed by atoms with Crippen molar-refractivity contribution < 1.29 is 19.0 Å². The molecule has 0 aromatic rings. The lowest BCUT2D eigenvalue weighted by Crippen LogP contribution is -2.57. The molecule has 0 bridgehead atoms. The van der Waals surface area contributed by atoms with E-state index >= 15 is 0 Å². The van der Waals surface area contributed by atoms with Gasteiger partial charge in [0.2, 0.25) is 0 Å². The third-order valence-electron chi connectivity index (χ3n) is 12.1. The van der Waals surface area contributed by atoms with Gasteiger partial charge in [0.05, 0.1) is 18.8 Å². The van der Waals surface area contributed by atoms with Crippen molar-refractivity contribution in [3.63, 3.8) is 0 Å². The molecule has 0 aromatic carbocycles. The van der Waals surface area contributed by atoms with E-state index in [2.05, 4.69) is 27.7 Å². The number of ether oxygens (including phenoxy) is 3. The molecule has 3 aliphatic heterocycles. The first kappa shape index (κ1) is 20.0. The third-order valence-corrected chi connectivity index (χ3v) is 12.1. The predicted molar refractivity (Wildman–Crippen MR) is 116 cm³/mol. The molecule has 0 radical (unpaired) electrons. The van der Waals surface area contributed by atoms with Gasteiger partial charge in [0.25, 0.3) is 0 Å². The van der Waals surface area contributed by atoms with Gasteiger partial charge in [-0.15, -0.1) is 0 Å². The largest absolute Gasteiger partial charge is 0.361 e. The average Bonchev–Trinajstić information content (AvgIpc) is 3.45. The number of hydrogen-bond acceptors (Lipinski definition) is 4. The van der Waals surface area contributed by atoms with Crippen LogP contribution in [0.3, 0.4) is 0 Å². The van der Waals surface area contributed by atoms with Gasteiger partial charge < -0.3 is 14.2 Å². The number of epoxide rings is 1. The molecule has 3 heterocycles. The Morgan fingerprint density at radius 1 is 1.00 bits per heavy atom. The van der Waals surface area contributed by atoms with E-state index in [1.807, 2.05) is 0 Å². The van der Waals surface area contributed by atoms with Crippen molar-refractivity contribution in [2.24, 2.45) is 52.3 Å². The van der Waals surface area contributed by atoms with Crippen LogP contribution in [0.1, 0.15) is 79.1 Å². The number of fused-ring (bicyclic) bond motifs is 9. The Labute approximate surface area is 187 Å². The van der Waals surface area contributed by atoms with Crippen molar-refractivity contribution >= 4 is 5.78 Å². The molecule has 1 spiro atoms. The molecular formula is C27H40O4. The third kappa shape index (κ3) is 2.36. The zero-order chi connectivity index (χ0) is 21.3. The molecule has 172 valence electrons. The minimum absolute atomic E-state index is 0.0645. The standard InChI is InChI=1S/C27H40O4/c1-14-7-10-27(29-13-14)15(2)22-21(31-27)12-19-17-6-5-16-11-20(28)23-24(30-23)26(16,4)18(17)8-9-25(19,22)3/h14-19,21-24H,5-13H2,1-4H3/t14-,15+,16+,17-,18+,19+,21+,22+,23-,24-,25+,26+,27-/m1/s1. The summed E-state index contributed by atoms with van der Waals surface area (Å²) in [6.07, 6.45) is 9.98. The van der Waals surface area contributed by atoms with E-state index in [4.69, 9.17) is 14.2 Å². The van der Waals surface area contributed by atoms with Crippen LogP contribution in [-0.2, 0) is 19.0 Å². The van der Waals surface area contributed by atoms with Crippen molar-refractivity contribution in [2.45, 2.75) is 103 Å². The van der Waals surface area contributed by atoms with Gasteiger partial charge >= 0.3 is 0 Å². The summed E-state index contributed by atoms with van der Waals surface area (Å²) in [5.74, 6) is 4.67. The highest BCUT2D eigenvalue weighted by atomic mass is 16.7. The van der Waals surface area contributed by atoms with E-state index < -0.39 is 0 Å². The summed E-state index contributed by atoms with van der Waals surface area (Å²) in [4.78, 5) is 12.4. The molecule has 7 fully saturated rings. The molecule has 0 amide bonds. The Balaban J connectivity index is 1.17. The molecule has 4 saturated carbocycles. The van der Waals surface area contributed by atoms with E-state index in [0.717, 1.165) is 37.2 Å². The highest BCUT2D eigenvalue weighted by Crippen LogP contribution is 2.72. The minimum atomic E-state index is -0.310. The fraction of sp³-hybridized carbons (Fsp3) is 0.963. The number of Topliss-reactive ketones (excluding diaryl/α,β-unsaturated/α-hetero) is 1. The van der Waals surface area contributed by atoms with Gasteiger partial charge in [-0.2, -0.15) is 0 Å². The molecule has 13 atom stereocenters. The maximum Gasteiger partial charge on any atom is 0.171 e. The highest BCUT2D eigenvalue weighted by Gasteiger charge is 2.72. The monoisotopic (exact) mass is 428 g/mol. The fourth-order valence-electron chi connectivity index (χ4n) is 10.4. The molecule has 31 heavy (non-hydrogen) atoms. The van der Waals surface area contributed by atoms with Crippen molar-refractivity contribution in [1.82, 2.24) is 0 Å². The maximum atomic E-state index is 12.4. The van der Waals surface area contributed by atoms with Crippen LogP contribution >= 0.6 is 0 Å². The first-order valence-corrected chi connectivity index (χ1v) is 13.3. The molecule has 4 aliphatic carbocycles. The summed E-state index contributed by atoms with van der Waals surface area (Å²) in [5, 5.41) is 0. The van der Waals surface area contributed by atoms with Crippen LogP contribution < -0.4 is 0 Å². The molecule has 7 aliphatic rings. The Morgan fingerprint density at radius 2 is 1.84 bits per heavy atom. The molecule has 0 aromatic heterocycles. The van der Waals surface area contributed by atoms with Crippen LogP contribution in [0.4, 0.5) is 0 Å². The van der Waals surface area contributed by atoms with Gasteiger partial charge in [-0.3, -0.25) is 4.79 Å². The number of carbonyl (C=O) groups is 1. The number of rotatable bonds is 0. The Bertz CT molecular complexity index is 801. The summed E-state index contributed by atoms with van der Waals surface area (Å²) in [5.41, 5.74) is 0.593. The number of hydrogen-bond donors (Lipinski definition) is 0. The zero-order valence-electron chi connectivity index (χ0n) is 19.8. The van der Waals surface area contributed by atoms with Gasteiger partial charge in [-0.05, 0) is 79.4 Å². The van der Waals surface area contributed by atoms with E-state index in [1.54, 1.807) is 0 Å². The second-order valence-electron chi connectivity index (χ2n) is 13.2. The number of ketones is 1. The van der Waals surface area contributed by atoms with Gasteiger partial charge in [0, 0.05) is 24.2 Å². The topological polar surface area (TPSA) is 48.1 Å². The predicted octanol–water partition coefficient (Wildman–Crippen LogP) is 4.99. The quantitative estimate of drug-likeness (QED) is 0.510. The summed E-state index contributed by atoms with van der Waals surface area (Å²) < 4.78 is 19.4. The molecule has 0 N–H and O–H groups in total.